The molecule has 1 heterocycles. The molecule has 0 radical (unpaired) electrons. The SMILES string of the molecule is N#Cc1ccc(-c2nc(C(=O)N(O)O)n(CC(=O)NCc3cccc(CO)c3)n2)cc1. The minimum absolute atomic E-state index is 0.0677. The van der Waals surface area contributed by atoms with Crippen LogP contribution in [0.15, 0.2) is 48.5 Å². The fourth-order valence-corrected chi connectivity index (χ4v) is 2.75. The van der Waals surface area contributed by atoms with Gasteiger partial charge in [0.05, 0.1) is 18.2 Å². The zero-order valence-electron chi connectivity index (χ0n) is 16.1. The van der Waals surface area contributed by atoms with E-state index in [4.69, 9.17) is 15.7 Å². The highest BCUT2D eigenvalue weighted by molar-refractivity contribution is 5.90. The quantitative estimate of drug-likeness (QED) is 0.321. The van der Waals surface area contributed by atoms with E-state index in [9.17, 15) is 14.7 Å². The molecule has 31 heavy (non-hydrogen) atoms. The predicted molar refractivity (Wildman–Crippen MR) is 104 cm³/mol. The highest BCUT2D eigenvalue weighted by Gasteiger charge is 2.23. The smallest absolute Gasteiger partial charge is 0.340 e. The van der Waals surface area contributed by atoms with Gasteiger partial charge in [-0.3, -0.25) is 20.0 Å². The van der Waals surface area contributed by atoms with Crippen LogP contribution in [0.1, 0.15) is 27.3 Å². The molecular formula is C20H18N6O5. The Labute approximate surface area is 176 Å². The Bertz CT molecular complexity index is 1130. The van der Waals surface area contributed by atoms with E-state index in [1.54, 1.807) is 36.4 Å². The van der Waals surface area contributed by atoms with E-state index in [2.05, 4.69) is 15.4 Å². The Morgan fingerprint density at radius 1 is 1.13 bits per heavy atom. The Kier molecular flexibility index (Phi) is 6.68. The third-order valence-electron chi connectivity index (χ3n) is 4.27. The Morgan fingerprint density at radius 2 is 1.84 bits per heavy atom. The van der Waals surface area contributed by atoms with Crippen molar-refractivity contribution in [2.24, 2.45) is 0 Å². The number of hydroxylamine groups is 2. The van der Waals surface area contributed by atoms with Crippen molar-refractivity contribution in [3.63, 3.8) is 0 Å². The van der Waals surface area contributed by atoms with Gasteiger partial charge in [-0.2, -0.15) is 5.26 Å². The van der Waals surface area contributed by atoms with Crippen LogP contribution in [0.2, 0.25) is 0 Å². The second-order valence-electron chi connectivity index (χ2n) is 6.46. The first-order valence-corrected chi connectivity index (χ1v) is 9.04. The standard InChI is InChI=1S/C20H18N6O5/c21-9-13-4-6-16(7-5-13)18-23-19(20(29)26(30)31)25(24-18)11-17(28)22-10-14-2-1-3-15(8-14)12-27/h1-8,27,30-31H,10-12H2,(H,22,28). The molecule has 2 amide bonds. The molecule has 0 saturated carbocycles. The third kappa shape index (κ3) is 5.28. The van der Waals surface area contributed by atoms with E-state index in [0.29, 0.717) is 16.7 Å². The predicted octanol–water partition coefficient (Wildman–Crippen LogP) is 0.846. The molecule has 0 unspecified atom stereocenters. The van der Waals surface area contributed by atoms with E-state index in [1.165, 1.54) is 12.1 Å². The molecule has 2 aromatic carbocycles. The fourth-order valence-electron chi connectivity index (χ4n) is 2.75. The van der Waals surface area contributed by atoms with Crippen LogP contribution in [-0.4, -0.2) is 47.3 Å². The summed E-state index contributed by atoms with van der Waals surface area (Å²) in [5, 5.41) is 42.4. The number of rotatable bonds is 7. The molecule has 3 aromatic rings. The molecule has 11 nitrogen and oxygen atoms in total. The number of aromatic nitrogens is 3. The maximum Gasteiger partial charge on any atom is 0.340 e. The molecule has 0 bridgehead atoms. The van der Waals surface area contributed by atoms with E-state index in [1.807, 2.05) is 6.07 Å². The fraction of sp³-hybridized carbons (Fsp3) is 0.150. The zero-order chi connectivity index (χ0) is 22.4. The van der Waals surface area contributed by atoms with Crippen LogP contribution in [0, 0.1) is 11.3 Å². The van der Waals surface area contributed by atoms with Gasteiger partial charge in [0.2, 0.25) is 11.7 Å². The van der Waals surface area contributed by atoms with Crippen LogP contribution in [0.5, 0.6) is 0 Å². The summed E-state index contributed by atoms with van der Waals surface area (Å²) in [6.07, 6.45) is 0. The molecule has 3 rings (SSSR count). The molecule has 158 valence electrons. The van der Waals surface area contributed by atoms with Gasteiger partial charge in [0.1, 0.15) is 6.54 Å². The van der Waals surface area contributed by atoms with Crippen molar-refractivity contribution in [3.8, 4) is 17.5 Å². The summed E-state index contributed by atoms with van der Waals surface area (Å²) >= 11 is 0. The summed E-state index contributed by atoms with van der Waals surface area (Å²) in [7, 11) is 0. The number of aliphatic hydroxyl groups excluding tert-OH is 1. The number of nitriles is 1. The minimum Gasteiger partial charge on any atom is -0.392 e. The first-order valence-electron chi connectivity index (χ1n) is 9.04. The van der Waals surface area contributed by atoms with Crippen LogP contribution in [0.3, 0.4) is 0 Å². The van der Waals surface area contributed by atoms with Crippen molar-refractivity contribution >= 4 is 11.8 Å². The van der Waals surface area contributed by atoms with E-state index >= 15 is 0 Å². The number of nitrogens with one attached hydrogen (secondary N) is 1. The van der Waals surface area contributed by atoms with Gasteiger partial charge in [-0.1, -0.05) is 29.5 Å². The Balaban J connectivity index is 1.79. The monoisotopic (exact) mass is 422 g/mol. The molecule has 0 fully saturated rings. The number of carbonyl (C=O) groups excluding carboxylic acids is 2. The third-order valence-corrected chi connectivity index (χ3v) is 4.27. The highest BCUT2D eigenvalue weighted by atomic mass is 16.8. The van der Waals surface area contributed by atoms with Gasteiger partial charge in [0.15, 0.2) is 5.82 Å². The second-order valence-corrected chi connectivity index (χ2v) is 6.46. The zero-order valence-corrected chi connectivity index (χ0v) is 16.1. The van der Waals surface area contributed by atoms with Crippen molar-refractivity contribution in [1.82, 2.24) is 25.3 Å². The van der Waals surface area contributed by atoms with Crippen molar-refractivity contribution in [1.29, 1.82) is 5.26 Å². The Hall–Kier alpha value is -4.11. The number of amides is 2. The van der Waals surface area contributed by atoms with Crippen molar-refractivity contribution in [2.45, 2.75) is 19.7 Å². The van der Waals surface area contributed by atoms with Crippen LogP contribution in [0.25, 0.3) is 11.4 Å². The first-order chi connectivity index (χ1) is 14.9. The molecule has 0 aliphatic rings. The normalized spacial score (nSPS) is 10.4. The molecular weight excluding hydrogens is 404 g/mol. The van der Waals surface area contributed by atoms with Crippen molar-refractivity contribution in [3.05, 3.63) is 71.0 Å². The summed E-state index contributed by atoms with van der Waals surface area (Å²) in [5.41, 5.74) is 2.36. The van der Waals surface area contributed by atoms with Crippen molar-refractivity contribution < 1.29 is 25.1 Å². The number of hydrogen-bond acceptors (Lipinski definition) is 8. The molecule has 4 N–H and O–H groups in total. The largest absolute Gasteiger partial charge is 0.392 e. The Morgan fingerprint density at radius 3 is 2.48 bits per heavy atom. The van der Waals surface area contributed by atoms with Crippen LogP contribution in [-0.2, 0) is 24.5 Å². The van der Waals surface area contributed by atoms with Gasteiger partial charge in [-0.25, -0.2) is 9.67 Å². The molecule has 1 aromatic heterocycles. The van der Waals surface area contributed by atoms with Gasteiger partial charge in [-0.15, -0.1) is 5.10 Å². The molecule has 0 saturated heterocycles. The van der Waals surface area contributed by atoms with Gasteiger partial charge in [-0.05, 0) is 35.4 Å². The van der Waals surface area contributed by atoms with E-state index < -0.39 is 29.4 Å². The number of hydrogen-bond donors (Lipinski definition) is 4. The minimum atomic E-state index is -1.27. The average molecular weight is 422 g/mol. The lowest BCUT2D eigenvalue weighted by molar-refractivity contribution is -0.260. The van der Waals surface area contributed by atoms with Gasteiger partial charge < -0.3 is 10.4 Å². The molecule has 11 heteroatoms. The second kappa shape index (κ2) is 9.59. The molecule has 0 atom stereocenters. The van der Waals surface area contributed by atoms with E-state index in [0.717, 1.165) is 10.2 Å². The topological polar surface area (TPSA) is 165 Å². The molecule has 0 aliphatic heterocycles. The molecule has 0 spiro atoms. The maximum absolute atomic E-state index is 12.4. The van der Waals surface area contributed by atoms with Crippen LogP contribution in [0.4, 0.5) is 0 Å². The van der Waals surface area contributed by atoms with Crippen LogP contribution >= 0.6 is 0 Å². The van der Waals surface area contributed by atoms with E-state index in [-0.39, 0.29) is 19.0 Å². The van der Waals surface area contributed by atoms with Gasteiger partial charge in [0.25, 0.3) is 0 Å². The number of aliphatic hydroxyl groups is 1. The summed E-state index contributed by atoms with van der Waals surface area (Å²) in [6, 6.07) is 15.2. The lowest BCUT2D eigenvalue weighted by Gasteiger charge is -2.09. The lowest BCUT2D eigenvalue weighted by atomic mass is 10.1. The summed E-state index contributed by atoms with van der Waals surface area (Å²) < 4.78 is 0.953. The van der Waals surface area contributed by atoms with Crippen LogP contribution < -0.4 is 5.32 Å². The number of benzene rings is 2. The molecule has 0 aliphatic carbocycles. The first kappa shape index (κ1) is 21.6. The number of nitrogens with zero attached hydrogens (tertiary/aromatic N) is 5. The number of carbonyl (C=O) groups is 2. The average Bonchev–Trinajstić information content (AvgIpc) is 3.20. The van der Waals surface area contributed by atoms with Gasteiger partial charge in [0, 0.05) is 12.1 Å². The maximum atomic E-state index is 12.4. The van der Waals surface area contributed by atoms with Crippen molar-refractivity contribution in [2.75, 3.05) is 0 Å². The lowest BCUT2D eigenvalue weighted by Crippen LogP contribution is -2.32. The van der Waals surface area contributed by atoms with Gasteiger partial charge >= 0.3 is 5.91 Å². The summed E-state index contributed by atoms with van der Waals surface area (Å²) in [6.45, 7) is -0.347. The highest BCUT2D eigenvalue weighted by Crippen LogP contribution is 2.17. The summed E-state index contributed by atoms with van der Waals surface area (Å²) in [4.78, 5) is 28.4. The summed E-state index contributed by atoms with van der Waals surface area (Å²) in [5.74, 6) is -2.15.